The zero-order valence-corrected chi connectivity index (χ0v) is 12.5. The first-order valence-electron chi connectivity index (χ1n) is 6.44. The van der Waals surface area contributed by atoms with Gasteiger partial charge in [0.25, 0.3) is 0 Å². The Morgan fingerprint density at radius 2 is 1.55 bits per heavy atom. The topological polar surface area (TPSA) is 60.2 Å². The van der Waals surface area contributed by atoms with Crippen molar-refractivity contribution < 1.29 is 17.2 Å². The lowest BCUT2D eigenvalue weighted by Crippen LogP contribution is -1.96. The molecule has 0 fully saturated rings. The molecule has 3 aromatic rings. The van der Waals surface area contributed by atoms with Crippen LogP contribution in [0, 0.1) is 5.95 Å². The lowest BCUT2D eigenvalue weighted by Gasteiger charge is -2.04. The molecule has 4 nitrogen and oxygen atoms in total. The minimum Gasteiger partial charge on any atom is -0.471 e. The van der Waals surface area contributed by atoms with Gasteiger partial charge in [-0.3, -0.25) is 0 Å². The van der Waals surface area contributed by atoms with E-state index < -0.39 is 15.8 Å². The van der Waals surface area contributed by atoms with E-state index in [4.69, 9.17) is 4.42 Å². The Kier molecular flexibility index (Phi) is 3.54. The van der Waals surface area contributed by atoms with E-state index in [0.29, 0.717) is 0 Å². The molecule has 0 spiro atoms. The van der Waals surface area contributed by atoms with Crippen LogP contribution in [0.2, 0.25) is 0 Å². The van der Waals surface area contributed by atoms with Crippen molar-refractivity contribution in [3.8, 4) is 22.3 Å². The van der Waals surface area contributed by atoms with Crippen LogP contribution in [0.3, 0.4) is 0 Å². The summed E-state index contributed by atoms with van der Waals surface area (Å²) in [5.74, 6) is -0.550. The number of halogens is 1. The molecule has 0 radical (unpaired) electrons. The van der Waals surface area contributed by atoms with E-state index in [2.05, 4.69) is 4.98 Å². The second-order valence-corrected chi connectivity index (χ2v) is 6.88. The van der Waals surface area contributed by atoms with Gasteiger partial charge in [-0.05, 0) is 29.8 Å². The lowest BCUT2D eigenvalue weighted by atomic mass is 10.0. The Morgan fingerprint density at radius 3 is 2.09 bits per heavy atom. The fraction of sp³-hybridized carbons (Fsp3) is 0.0625. The number of pyridine rings is 1. The van der Waals surface area contributed by atoms with Crippen molar-refractivity contribution in [2.75, 3.05) is 6.26 Å². The average molecular weight is 317 g/mol. The molecular weight excluding hydrogens is 305 g/mol. The Bertz CT molecular complexity index is 897. The maximum absolute atomic E-state index is 12.9. The van der Waals surface area contributed by atoms with Crippen LogP contribution >= 0.6 is 0 Å². The van der Waals surface area contributed by atoms with E-state index in [1.165, 1.54) is 12.3 Å². The molecule has 0 atom stereocenters. The van der Waals surface area contributed by atoms with Crippen molar-refractivity contribution in [3.05, 3.63) is 61.1 Å². The number of sulfone groups is 1. The van der Waals surface area contributed by atoms with Gasteiger partial charge in [0.05, 0.1) is 17.4 Å². The van der Waals surface area contributed by atoms with Crippen LogP contribution in [0.25, 0.3) is 22.3 Å². The average Bonchev–Trinajstić information content (AvgIpc) is 2.97. The molecular formula is C16H12FNO3S. The monoisotopic (exact) mass is 317 g/mol. The van der Waals surface area contributed by atoms with Crippen LogP contribution < -0.4 is 0 Å². The zero-order chi connectivity index (χ0) is 15.7. The van der Waals surface area contributed by atoms with Gasteiger partial charge in [-0.25, -0.2) is 13.4 Å². The van der Waals surface area contributed by atoms with Crippen LogP contribution in [0.4, 0.5) is 4.39 Å². The van der Waals surface area contributed by atoms with Crippen LogP contribution in [0.5, 0.6) is 0 Å². The quantitative estimate of drug-likeness (QED) is 0.693. The Labute approximate surface area is 127 Å². The largest absolute Gasteiger partial charge is 0.471 e. The summed E-state index contributed by atoms with van der Waals surface area (Å²) in [4.78, 5) is 3.88. The minimum absolute atomic E-state index is 0.254. The summed E-state index contributed by atoms with van der Waals surface area (Å²) in [6.45, 7) is 0. The third-order valence-corrected chi connectivity index (χ3v) is 4.42. The predicted octanol–water partition coefficient (Wildman–Crippen LogP) is 3.55. The van der Waals surface area contributed by atoms with Crippen LogP contribution in [-0.4, -0.2) is 19.7 Å². The molecule has 2 heterocycles. The second kappa shape index (κ2) is 5.38. The summed E-state index contributed by atoms with van der Waals surface area (Å²) in [6, 6.07) is 9.40. The normalized spacial score (nSPS) is 11.5. The summed E-state index contributed by atoms with van der Waals surface area (Å²) in [5, 5.41) is 0. The lowest BCUT2D eigenvalue weighted by molar-refractivity contribution is 0.568. The molecule has 1 aromatic carbocycles. The number of rotatable bonds is 3. The van der Waals surface area contributed by atoms with Crippen molar-refractivity contribution in [2.24, 2.45) is 0 Å². The van der Waals surface area contributed by atoms with E-state index in [1.807, 2.05) is 0 Å². The fourth-order valence-electron chi connectivity index (χ4n) is 2.16. The number of hydrogen-bond acceptors (Lipinski definition) is 4. The standard InChI is InChI=1S/C16H12FNO3S/c1-22(19,20)13-5-2-11(3-6-13)14-9-21-10-15(14)12-4-7-16(17)18-8-12/h2-10H,1H3. The highest BCUT2D eigenvalue weighted by molar-refractivity contribution is 7.90. The SMILES string of the molecule is CS(=O)(=O)c1ccc(-c2cocc2-c2ccc(F)nc2)cc1. The summed E-state index contributed by atoms with van der Waals surface area (Å²) in [6.07, 6.45) is 5.70. The first kappa shape index (κ1) is 14.5. The van der Waals surface area contributed by atoms with Gasteiger partial charge in [-0.1, -0.05) is 12.1 Å². The van der Waals surface area contributed by atoms with E-state index >= 15 is 0 Å². The van der Waals surface area contributed by atoms with E-state index in [9.17, 15) is 12.8 Å². The molecule has 0 aliphatic rings. The zero-order valence-electron chi connectivity index (χ0n) is 11.7. The molecule has 0 amide bonds. The number of hydrogen-bond donors (Lipinski definition) is 0. The molecule has 0 N–H and O–H groups in total. The maximum Gasteiger partial charge on any atom is 0.212 e. The third kappa shape index (κ3) is 2.78. The molecule has 6 heteroatoms. The predicted molar refractivity (Wildman–Crippen MR) is 80.4 cm³/mol. The number of nitrogens with zero attached hydrogens (tertiary/aromatic N) is 1. The fourth-order valence-corrected chi connectivity index (χ4v) is 2.79. The van der Waals surface area contributed by atoms with Crippen molar-refractivity contribution >= 4 is 9.84 Å². The number of aromatic nitrogens is 1. The molecule has 22 heavy (non-hydrogen) atoms. The van der Waals surface area contributed by atoms with Crippen molar-refractivity contribution in [1.29, 1.82) is 0 Å². The van der Waals surface area contributed by atoms with Crippen LogP contribution in [0.15, 0.2) is 64.4 Å². The van der Waals surface area contributed by atoms with Gasteiger partial charge in [0.2, 0.25) is 5.95 Å². The molecule has 0 aliphatic carbocycles. The van der Waals surface area contributed by atoms with Gasteiger partial charge in [-0.2, -0.15) is 4.39 Å². The van der Waals surface area contributed by atoms with E-state index in [-0.39, 0.29) is 4.90 Å². The summed E-state index contributed by atoms with van der Waals surface area (Å²) in [5.41, 5.74) is 3.07. The number of furan rings is 1. The molecule has 0 aliphatic heterocycles. The maximum atomic E-state index is 12.9. The minimum atomic E-state index is -3.23. The third-order valence-electron chi connectivity index (χ3n) is 3.29. The first-order chi connectivity index (χ1) is 10.4. The molecule has 3 rings (SSSR count). The molecule has 112 valence electrons. The highest BCUT2D eigenvalue weighted by atomic mass is 32.2. The summed E-state index contributed by atoms with van der Waals surface area (Å²) >= 11 is 0. The van der Waals surface area contributed by atoms with Gasteiger partial charge >= 0.3 is 0 Å². The second-order valence-electron chi connectivity index (χ2n) is 4.87. The van der Waals surface area contributed by atoms with Crippen molar-refractivity contribution in [1.82, 2.24) is 4.98 Å². The van der Waals surface area contributed by atoms with Gasteiger partial charge < -0.3 is 4.42 Å². The van der Waals surface area contributed by atoms with Gasteiger partial charge in [-0.15, -0.1) is 0 Å². The molecule has 0 unspecified atom stereocenters. The van der Waals surface area contributed by atoms with E-state index in [0.717, 1.165) is 28.5 Å². The first-order valence-corrected chi connectivity index (χ1v) is 8.33. The smallest absolute Gasteiger partial charge is 0.212 e. The highest BCUT2D eigenvalue weighted by Crippen LogP contribution is 2.33. The van der Waals surface area contributed by atoms with Gasteiger partial charge in [0.15, 0.2) is 9.84 Å². The van der Waals surface area contributed by atoms with Crippen molar-refractivity contribution in [2.45, 2.75) is 4.90 Å². The molecule has 0 saturated carbocycles. The Hall–Kier alpha value is -2.47. The van der Waals surface area contributed by atoms with Crippen LogP contribution in [0.1, 0.15) is 0 Å². The van der Waals surface area contributed by atoms with Gasteiger partial charge in [0, 0.05) is 29.1 Å². The van der Waals surface area contributed by atoms with Crippen molar-refractivity contribution in [3.63, 3.8) is 0 Å². The Balaban J connectivity index is 2.03. The Morgan fingerprint density at radius 1 is 0.955 bits per heavy atom. The number of benzene rings is 1. The molecule has 0 saturated heterocycles. The highest BCUT2D eigenvalue weighted by Gasteiger charge is 2.12. The molecule has 0 bridgehead atoms. The summed E-state index contributed by atoms with van der Waals surface area (Å²) < 4.78 is 41.1. The van der Waals surface area contributed by atoms with Gasteiger partial charge in [0.1, 0.15) is 0 Å². The van der Waals surface area contributed by atoms with E-state index in [1.54, 1.807) is 42.9 Å². The molecule has 2 aromatic heterocycles. The summed E-state index contributed by atoms with van der Waals surface area (Å²) in [7, 11) is -3.23. The van der Waals surface area contributed by atoms with Crippen LogP contribution in [-0.2, 0) is 9.84 Å².